The molecule has 1 amide bonds. The summed E-state index contributed by atoms with van der Waals surface area (Å²) in [6.07, 6.45) is 5.58. The number of amides is 1. The van der Waals surface area contributed by atoms with Gasteiger partial charge in [-0.3, -0.25) is 9.78 Å². The molecule has 0 aliphatic carbocycles. The predicted octanol–water partition coefficient (Wildman–Crippen LogP) is 4.02. The van der Waals surface area contributed by atoms with Crippen LogP contribution in [0.2, 0.25) is 0 Å². The zero-order valence-electron chi connectivity index (χ0n) is 13.1. The summed E-state index contributed by atoms with van der Waals surface area (Å²) in [4.78, 5) is 24.3. The van der Waals surface area contributed by atoms with Gasteiger partial charge < -0.3 is 4.90 Å². The third-order valence-corrected chi connectivity index (χ3v) is 5.22. The Balaban J connectivity index is 1.68. The van der Waals surface area contributed by atoms with E-state index in [2.05, 4.69) is 16.5 Å². The zero-order valence-corrected chi connectivity index (χ0v) is 14.7. The van der Waals surface area contributed by atoms with E-state index < -0.39 is 0 Å². The van der Waals surface area contributed by atoms with Crippen LogP contribution in [0, 0.1) is 0 Å². The third-order valence-electron chi connectivity index (χ3n) is 3.42. The molecule has 0 spiro atoms. The summed E-state index contributed by atoms with van der Waals surface area (Å²) in [6.45, 7) is 4.90. The van der Waals surface area contributed by atoms with E-state index >= 15 is 0 Å². The fraction of sp³-hybridized carbons (Fsp3) is 0.167. The molecule has 0 unspecified atom stereocenters. The molecule has 3 heterocycles. The number of thiazole rings is 1. The number of carbonyl (C=O) groups is 1. The molecule has 0 saturated heterocycles. The average molecular weight is 355 g/mol. The van der Waals surface area contributed by atoms with Crippen molar-refractivity contribution < 1.29 is 4.79 Å². The molecule has 0 saturated carbocycles. The summed E-state index contributed by atoms with van der Waals surface area (Å²) in [5.41, 5.74) is 1.77. The largest absolute Gasteiger partial charge is 0.334 e. The molecule has 0 fully saturated rings. The van der Waals surface area contributed by atoms with Crippen molar-refractivity contribution in [3.05, 3.63) is 70.6 Å². The summed E-state index contributed by atoms with van der Waals surface area (Å²) in [7, 11) is 0. The minimum atomic E-state index is 0.0614. The second-order valence-corrected chi connectivity index (χ2v) is 7.10. The van der Waals surface area contributed by atoms with Crippen LogP contribution in [0.25, 0.3) is 10.6 Å². The molecule has 0 atom stereocenters. The van der Waals surface area contributed by atoms with Crippen LogP contribution < -0.4 is 0 Å². The van der Waals surface area contributed by atoms with Crippen molar-refractivity contribution in [3.8, 4) is 10.6 Å². The van der Waals surface area contributed by atoms with Gasteiger partial charge in [0, 0.05) is 34.8 Å². The highest BCUT2D eigenvalue weighted by Gasteiger charge is 2.16. The van der Waals surface area contributed by atoms with E-state index in [0.29, 0.717) is 19.5 Å². The van der Waals surface area contributed by atoms with Crippen molar-refractivity contribution in [1.29, 1.82) is 0 Å². The first-order valence-electron chi connectivity index (χ1n) is 7.52. The fourth-order valence-corrected chi connectivity index (χ4v) is 3.81. The number of pyridine rings is 1. The summed E-state index contributed by atoms with van der Waals surface area (Å²) in [6, 6.07) is 7.89. The summed E-state index contributed by atoms with van der Waals surface area (Å²) in [5, 5.41) is 4.85. The van der Waals surface area contributed by atoms with Crippen LogP contribution in [0.5, 0.6) is 0 Å². The number of rotatable bonds is 7. The van der Waals surface area contributed by atoms with E-state index in [0.717, 1.165) is 16.3 Å². The number of nitrogens with zero attached hydrogens (tertiary/aromatic N) is 3. The number of hydrogen-bond donors (Lipinski definition) is 0. The van der Waals surface area contributed by atoms with E-state index in [9.17, 15) is 4.79 Å². The normalized spacial score (nSPS) is 10.5. The van der Waals surface area contributed by atoms with Crippen LogP contribution in [0.15, 0.2) is 60.1 Å². The van der Waals surface area contributed by atoms with Crippen molar-refractivity contribution in [2.75, 3.05) is 6.54 Å². The molecule has 0 aliphatic heterocycles. The molecule has 3 rings (SSSR count). The maximum absolute atomic E-state index is 12.6. The molecule has 4 nitrogen and oxygen atoms in total. The lowest BCUT2D eigenvalue weighted by molar-refractivity contribution is -0.130. The monoisotopic (exact) mass is 355 g/mol. The van der Waals surface area contributed by atoms with Gasteiger partial charge in [-0.2, -0.15) is 0 Å². The van der Waals surface area contributed by atoms with Crippen molar-refractivity contribution in [2.24, 2.45) is 0 Å². The molecule has 0 N–H and O–H groups in total. The predicted molar refractivity (Wildman–Crippen MR) is 99.0 cm³/mol. The number of hydrogen-bond acceptors (Lipinski definition) is 5. The van der Waals surface area contributed by atoms with Gasteiger partial charge in [-0.1, -0.05) is 12.1 Å². The minimum absolute atomic E-state index is 0.0614. The van der Waals surface area contributed by atoms with Crippen LogP contribution in [0.3, 0.4) is 0 Å². The van der Waals surface area contributed by atoms with Gasteiger partial charge in [-0.25, -0.2) is 4.98 Å². The third kappa shape index (κ3) is 4.15. The van der Waals surface area contributed by atoms with Crippen molar-refractivity contribution in [1.82, 2.24) is 14.9 Å². The Kier molecular flexibility index (Phi) is 5.51. The summed E-state index contributed by atoms with van der Waals surface area (Å²) < 4.78 is 0. The van der Waals surface area contributed by atoms with Gasteiger partial charge in [-0.15, -0.1) is 29.3 Å². The van der Waals surface area contributed by atoms with Crippen molar-refractivity contribution in [2.45, 2.75) is 13.0 Å². The number of thiophene rings is 1. The first-order valence-corrected chi connectivity index (χ1v) is 9.28. The molecule has 0 aromatic carbocycles. The van der Waals surface area contributed by atoms with Crippen molar-refractivity contribution >= 4 is 28.6 Å². The topological polar surface area (TPSA) is 46.1 Å². The first-order chi connectivity index (χ1) is 11.8. The first kappa shape index (κ1) is 16.5. The van der Waals surface area contributed by atoms with E-state index in [1.54, 1.807) is 29.8 Å². The van der Waals surface area contributed by atoms with Crippen LogP contribution in [0.4, 0.5) is 0 Å². The van der Waals surface area contributed by atoms with Gasteiger partial charge in [-0.05, 0) is 23.6 Å². The second kappa shape index (κ2) is 7.99. The molecule has 3 aromatic heterocycles. The Hall–Kier alpha value is -2.31. The molecule has 24 heavy (non-hydrogen) atoms. The number of aromatic nitrogens is 2. The molecule has 0 aliphatic rings. The molecule has 0 radical (unpaired) electrons. The minimum Gasteiger partial charge on any atom is -0.334 e. The number of carbonyl (C=O) groups excluding carboxylic acids is 1. The van der Waals surface area contributed by atoms with Crippen LogP contribution in [0.1, 0.15) is 10.6 Å². The lowest BCUT2D eigenvalue weighted by atomic mass is 10.2. The SMILES string of the molecule is C=CCN(Cc1cccs1)C(=O)Cc1csc(-c2cccnc2)n1. The van der Waals surface area contributed by atoms with Crippen LogP contribution in [-0.2, 0) is 17.8 Å². The quantitative estimate of drug-likeness (QED) is 0.601. The van der Waals surface area contributed by atoms with Gasteiger partial charge in [0.25, 0.3) is 0 Å². The van der Waals surface area contributed by atoms with Gasteiger partial charge >= 0.3 is 0 Å². The Morgan fingerprint density at radius 1 is 1.29 bits per heavy atom. The van der Waals surface area contributed by atoms with Gasteiger partial charge in [0.05, 0.1) is 18.7 Å². The Morgan fingerprint density at radius 3 is 2.92 bits per heavy atom. The van der Waals surface area contributed by atoms with Gasteiger partial charge in [0.15, 0.2) is 0 Å². The van der Waals surface area contributed by atoms with E-state index in [-0.39, 0.29) is 5.91 Å². The smallest absolute Gasteiger partial charge is 0.229 e. The van der Waals surface area contributed by atoms with Crippen LogP contribution >= 0.6 is 22.7 Å². The fourth-order valence-electron chi connectivity index (χ4n) is 2.28. The standard InChI is InChI=1S/C18H17N3OS2/c1-2-8-21(12-16-6-4-9-23-16)17(22)10-15-13-24-18(20-15)14-5-3-7-19-11-14/h2-7,9,11,13H,1,8,10,12H2. The van der Waals surface area contributed by atoms with Gasteiger partial charge in [0.2, 0.25) is 5.91 Å². The highest BCUT2D eigenvalue weighted by Crippen LogP contribution is 2.23. The molecule has 0 bridgehead atoms. The molecule has 3 aromatic rings. The summed E-state index contributed by atoms with van der Waals surface area (Å²) >= 11 is 3.19. The van der Waals surface area contributed by atoms with E-state index in [4.69, 9.17) is 0 Å². The zero-order chi connectivity index (χ0) is 16.8. The molecule has 6 heteroatoms. The highest BCUT2D eigenvalue weighted by molar-refractivity contribution is 7.13. The maximum Gasteiger partial charge on any atom is 0.229 e. The Bertz CT molecular complexity index is 797. The maximum atomic E-state index is 12.6. The van der Waals surface area contributed by atoms with Gasteiger partial charge in [0.1, 0.15) is 5.01 Å². The van der Waals surface area contributed by atoms with Crippen molar-refractivity contribution in [3.63, 3.8) is 0 Å². The Labute approximate surface area is 149 Å². The Morgan fingerprint density at radius 2 is 2.21 bits per heavy atom. The van der Waals surface area contributed by atoms with Crippen LogP contribution in [-0.4, -0.2) is 27.3 Å². The molecule has 122 valence electrons. The highest BCUT2D eigenvalue weighted by atomic mass is 32.1. The van der Waals surface area contributed by atoms with E-state index in [1.807, 2.05) is 39.9 Å². The lowest BCUT2D eigenvalue weighted by Gasteiger charge is -2.20. The average Bonchev–Trinajstić information content (AvgIpc) is 3.27. The van der Waals surface area contributed by atoms with E-state index in [1.165, 1.54) is 16.2 Å². The molecular weight excluding hydrogens is 338 g/mol. The molecular formula is C18H17N3OS2. The summed E-state index contributed by atoms with van der Waals surface area (Å²) in [5.74, 6) is 0.0614. The second-order valence-electron chi connectivity index (χ2n) is 5.20. The lowest BCUT2D eigenvalue weighted by Crippen LogP contribution is -2.31.